The van der Waals surface area contributed by atoms with E-state index in [9.17, 15) is 9.59 Å². The standard InChI is InChI=1S/C24H21N3O4S.ClH/c1-30-24(29)21-20(25-15-26-11-13-31-14-12-26)19-17-9-5-6-10-18(17)22(28)27(23(19)32-21)16-7-3-2-4-8-16;/h2-10,15H,11-14H2,1H3;1H. The molecule has 0 amide bonds. The third-order valence-electron chi connectivity index (χ3n) is 5.48. The van der Waals surface area contributed by atoms with Gasteiger partial charge in [0.15, 0.2) is 0 Å². The Labute approximate surface area is 200 Å². The first-order valence-corrected chi connectivity index (χ1v) is 11.1. The smallest absolute Gasteiger partial charge is 0.350 e. The maximum Gasteiger partial charge on any atom is 0.350 e. The van der Waals surface area contributed by atoms with E-state index in [1.54, 1.807) is 10.9 Å². The molecule has 4 aromatic rings. The van der Waals surface area contributed by atoms with Gasteiger partial charge >= 0.3 is 5.97 Å². The second kappa shape index (κ2) is 9.74. The lowest BCUT2D eigenvalue weighted by Gasteiger charge is -2.24. The lowest BCUT2D eigenvalue weighted by Crippen LogP contribution is -2.35. The molecule has 0 atom stereocenters. The fourth-order valence-corrected chi connectivity index (χ4v) is 5.11. The number of thiophene rings is 1. The molecule has 0 unspecified atom stereocenters. The highest BCUT2D eigenvalue weighted by molar-refractivity contribution is 7.21. The number of hydrogen-bond donors (Lipinski definition) is 0. The van der Waals surface area contributed by atoms with Crippen LogP contribution in [0.2, 0.25) is 0 Å². The number of rotatable bonds is 4. The minimum atomic E-state index is -0.475. The van der Waals surface area contributed by atoms with Crippen LogP contribution in [0.25, 0.3) is 26.7 Å². The summed E-state index contributed by atoms with van der Waals surface area (Å²) in [6.07, 6.45) is 1.75. The van der Waals surface area contributed by atoms with Gasteiger partial charge in [0.1, 0.15) is 15.4 Å². The van der Waals surface area contributed by atoms with Crippen LogP contribution in [-0.2, 0) is 9.47 Å². The van der Waals surface area contributed by atoms with Crippen molar-refractivity contribution in [1.29, 1.82) is 0 Å². The minimum Gasteiger partial charge on any atom is -0.465 e. The van der Waals surface area contributed by atoms with Crippen molar-refractivity contribution in [3.8, 4) is 5.69 Å². The molecule has 2 aromatic heterocycles. The Balaban J connectivity index is 0.00000259. The number of nitrogens with zero attached hydrogens (tertiary/aromatic N) is 3. The molecular formula is C24H22ClN3O4S. The topological polar surface area (TPSA) is 73.1 Å². The Morgan fingerprint density at radius 1 is 1.06 bits per heavy atom. The van der Waals surface area contributed by atoms with E-state index in [4.69, 9.17) is 14.5 Å². The highest BCUT2D eigenvalue weighted by Gasteiger charge is 2.25. The van der Waals surface area contributed by atoms with E-state index in [1.165, 1.54) is 18.4 Å². The first-order chi connectivity index (χ1) is 15.7. The number of para-hydroxylation sites is 1. The summed E-state index contributed by atoms with van der Waals surface area (Å²) in [5.41, 5.74) is 1.11. The van der Waals surface area contributed by atoms with E-state index in [2.05, 4.69) is 4.90 Å². The number of benzene rings is 2. The van der Waals surface area contributed by atoms with Crippen molar-refractivity contribution >= 4 is 62.7 Å². The molecule has 170 valence electrons. The van der Waals surface area contributed by atoms with Crippen LogP contribution in [0.4, 0.5) is 5.69 Å². The quantitative estimate of drug-likeness (QED) is 0.244. The van der Waals surface area contributed by atoms with Gasteiger partial charge < -0.3 is 14.4 Å². The monoisotopic (exact) mass is 483 g/mol. The summed E-state index contributed by atoms with van der Waals surface area (Å²) in [5, 5.41) is 2.10. The SMILES string of the molecule is COC(=O)c1sc2c(c1N=CN1CCOCC1)c1ccccc1c(=O)n2-c1ccccc1.Cl. The van der Waals surface area contributed by atoms with Gasteiger partial charge in [0.2, 0.25) is 0 Å². The van der Waals surface area contributed by atoms with Crippen molar-refractivity contribution in [1.82, 2.24) is 9.47 Å². The number of fused-ring (bicyclic) bond motifs is 3. The van der Waals surface area contributed by atoms with Crippen molar-refractivity contribution < 1.29 is 14.3 Å². The number of morpholine rings is 1. The van der Waals surface area contributed by atoms with E-state index >= 15 is 0 Å². The number of hydrogen-bond acceptors (Lipinski definition) is 6. The molecule has 0 spiro atoms. The van der Waals surface area contributed by atoms with Gasteiger partial charge in [-0.15, -0.1) is 23.7 Å². The van der Waals surface area contributed by atoms with Gasteiger partial charge in [-0.3, -0.25) is 9.36 Å². The number of halogens is 1. The zero-order chi connectivity index (χ0) is 22.1. The largest absolute Gasteiger partial charge is 0.465 e. The zero-order valence-corrected chi connectivity index (χ0v) is 19.5. The summed E-state index contributed by atoms with van der Waals surface area (Å²) in [4.78, 5) is 34.0. The van der Waals surface area contributed by atoms with Gasteiger partial charge in [0.05, 0.1) is 32.3 Å². The number of aromatic nitrogens is 1. The fourth-order valence-electron chi connectivity index (χ4n) is 3.91. The molecule has 2 aromatic carbocycles. The summed E-state index contributed by atoms with van der Waals surface area (Å²) in [7, 11) is 1.35. The Morgan fingerprint density at radius 3 is 2.42 bits per heavy atom. The molecule has 0 radical (unpaired) electrons. The molecule has 1 saturated heterocycles. The normalized spacial score (nSPS) is 14.0. The zero-order valence-electron chi connectivity index (χ0n) is 17.9. The number of esters is 1. The average Bonchev–Trinajstić information content (AvgIpc) is 3.23. The molecule has 1 aliphatic heterocycles. The molecule has 33 heavy (non-hydrogen) atoms. The molecule has 0 saturated carbocycles. The molecule has 9 heteroatoms. The predicted octanol–water partition coefficient (Wildman–Crippen LogP) is 4.41. The van der Waals surface area contributed by atoms with Gasteiger partial charge in [0, 0.05) is 23.9 Å². The molecule has 3 heterocycles. The highest BCUT2D eigenvalue weighted by atomic mass is 35.5. The van der Waals surface area contributed by atoms with Crippen LogP contribution in [-0.4, -0.2) is 55.2 Å². The van der Waals surface area contributed by atoms with Crippen LogP contribution >= 0.6 is 23.7 Å². The van der Waals surface area contributed by atoms with E-state index in [-0.39, 0.29) is 18.0 Å². The molecule has 1 aliphatic rings. The van der Waals surface area contributed by atoms with E-state index in [0.29, 0.717) is 34.0 Å². The number of ether oxygens (including phenoxy) is 2. The van der Waals surface area contributed by atoms with E-state index in [0.717, 1.165) is 29.5 Å². The number of carbonyl (C=O) groups is 1. The Bertz CT molecular complexity index is 1390. The van der Waals surface area contributed by atoms with Crippen molar-refractivity contribution in [3.63, 3.8) is 0 Å². The summed E-state index contributed by atoms with van der Waals surface area (Å²) < 4.78 is 12.1. The van der Waals surface area contributed by atoms with Gasteiger partial charge in [-0.1, -0.05) is 36.4 Å². The number of carbonyl (C=O) groups excluding carboxylic acids is 1. The second-order valence-electron chi connectivity index (χ2n) is 7.37. The third-order valence-corrected chi connectivity index (χ3v) is 6.62. The summed E-state index contributed by atoms with van der Waals surface area (Å²) >= 11 is 1.23. The van der Waals surface area contributed by atoms with Crippen LogP contribution in [0, 0.1) is 0 Å². The van der Waals surface area contributed by atoms with Crippen molar-refractivity contribution in [2.75, 3.05) is 33.4 Å². The average molecular weight is 484 g/mol. The molecule has 0 N–H and O–H groups in total. The van der Waals surface area contributed by atoms with Crippen LogP contribution in [0.3, 0.4) is 0 Å². The third kappa shape index (κ3) is 4.13. The Morgan fingerprint density at radius 2 is 1.73 bits per heavy atom. The van der Waals surface area contributed by atoms with Crippen molar-refractivity contribution in [3.05, 3.63) is 69.8 Å². The molecule has 1 fully saturated rings. The second-order valence-corrected chi connectivity index (χ2v) is 8.37. The van der Waals surface area contributed by atoms with Crippen LogP contribution in [0.15, 0.2) is 64.4 Å². The first-order valence-electron chi connectivity index (χ1n) is 10.3. The van der Waals surface area contributed by atoms with Gasteiger partial charge in [-0.2, -0.15) is 0 Å². The van der Waals surface area contributed by atoms with E-state index < -0.39 is 5.97 Å². The lowest BCUT2D eigenvalue weighted by atomic mass is 10.1. The molecular weight excluding hydrogens is 462 g/mol. The summed E-state index contributed by atoms with van der Waals surface area (Å²) in [6, 6.07) is 16.9. The number of aliphatic imine (C=N–C) groups is 1. The Kier molecular flexibility index (Phi) is 6.78. The fraction of sp³-hybridized carbons (Fsp3) is 0.208. The molecule has 0 bridgehead atoms. The minimum absolute atomic E-state index is 0. The van der Waals surface area contributed by atoms with Crippen LogP contribution in [0.5, 0.6) is 0 Å². The van der Waals surface area contributed by atoms with Gasteiger partial charge in [-0.25, -0.2) is 9.79 Å². The van der Waals surface area contributed by atoms with Crippen LogP contribution < -0.4 is 5.56 Å². The molecule has 5 rings (SSSR count). The predicted molar refractivity (Wildman–Crippen MR) is 134 cm³/mol. The van der Waals surface area contributed by atoms with Crippen molar-refractivity contribution in [2.24, 2.45) is 4.99 Å². The molecule has 0 aliphatic carbocycles. The first kappa shape index (κ1) is 23.0. The van der Waals surface area contributed by atoms with Gasteiger partial charge in [0.25, 0.3) is 5.56 Å². The lowest BCUT2D eigenvalue weighted by molar-refractivity contribution is 0.0607. The van der Waals surface area contributed by atoms with E-state index in [1.807, 2.05) is 54.6 Å². The maximum atomic E-state index is 13.5. The highest BCUT2D eigenvalue weighted by Crippen LogP contribution is 2.42. The molecule has 7 nitrogen and oxygen atoms in total. The number of methoxy groups -OCH3 is 1. The van der Waals surface area contributed by atoms with Gasteiger partial charge in [-0.05, 0) is 23.6 Å². The maximum absolute atomic E-state index is 13.5. The Hall–Kier alpha value is -3.20. The van der Waals surface area contributed by atoms with Crippen molar-refractivity contribution in [2.45, 2.75) is 0 Å². The van der Waals surface area contributed by atoms with Crippen LogP contribution in [0.1, 0.15) is 9.67 Å². The summed E-state index contributed by atoms with van der Waals surface area (Å²) in [5.74, 6) is -0.475. The summed E-state index contributed by atoms with van der Waals surface area (Å²) in [6.45, 7) is 2.73. The number of pyridine rings is 1.